The predicted molar refractivity (Wildman–Crippen MR) is 32.1 cm³/mol. The van der Waals surface area contributed by atoms with E-state index in [1.807, 2.05) is 0 Å². The van der Waals surface area contributed by atoms with Crippen LogP contribution >= 0.6 is 11.9 Å². The minimum Gasteiger partial charge on any atom is -0.330 e. The molecule has 0 saturated heterocycles. The molecular weight excluding hydrogens is 94.9 g/mol. The van der Waals surface area contributed by atoms with E-state index in [9.17, 15) is 0 Å². The minimum absolute atomic E-state index is 0.593. The second kappa shape index (κ2) is 3.56. The molecule has 0 heterocycles. The van der Waals surface area contributed by atoms with E-state index in [1.165, 1.54) is 11.9 Å². The molecule has 0 unspecified atom stereocenters. The molecule has 3 heteroatoms. The lowest BCUT2D eigenvalue weighted by Crippen LogP contribution is -1.90. The van der Waals surface area contributed by atoms with E-state index >= 15 is 0 Å². The summed E-state index contributed by atoms with van der Waals surface area (Å²) in [6, 6.07) is 0. The van der Waals surface area contributed by atoms with Crippen LogP contribution in [0, 0.1) is 0 Å². The van der Waals surface area contributed by atoms with Gasteiger partial charge in [0, 0.05) is 7.11 Å². The van der Waals surface area contributed by atoms with Crippen molar-refractivity contribution in [1.82, 2.24) is 0 Å². The lowest BCUT2D eigenvalue weighted by molar-refractivity contribution is 0.496. The molecule has 0 radical (unpaired) electrons. The highest BCUT2D eigenvalue weighted by Crippen LogP contribution is 2.03. The Morgan fingerprint density at radius 1 is 1.50 bits per heavy atom. The van der Waals surface area contributed by atoms with Crippen molar-refractivity contribution < 1.29 is 4.18 Å². The van der Waals surface area contributed by atoms with Crippen LogP contribution in [0.3, 0.4) is 0 Å². The quantitative estimate of drug-likeness (QED) is 0.388. The molecule has 0 saturated carbocycles. The summed E-state index contributed by atoms with van der Waals surface area (Å²) in [4.78, 5) is 0. The summed E-state index contributed by atoms with van der Waals surface area (Å²) in [5, 5.41) is 0. The predicted octanol–water partition coefficient (Wildman–Crippen LogP) is 1.53. The number of hydrogen-bond donors (Lipinski definition) is 0. The lowest BCUT2D eigenvalue weighted by atomic mass is 9.84. The van der Waals surface area contributed by atoms with Gasteiger partial charge in [0.05, 0.1) is 0 Å². The highest BCUT2D eigenvalue weighted by molar-refractivity contribution is 8.21. The molecule has 36 valence electrons. The average molecular weight is 104 g/mol. The second-order valence-electron chi connectivity index (χ2n) is 1.31. The first kappa shape index (κ1) is 6.37. The molecule has 0 aromatic rings. The topological polar surface area (TPSA) is 9.23 Å². The van der Waals surface area contributed by atoms with Gasteiger partial charge in [-0.15, -0.1) is 0 Å². The third-order valence-corrected chi connectivity index (χ3v) is 0.866. The first-order chi connectivity index (χ1) is 2.77. The van der Waals surface area contributed by atoms with E-state index in [-0.39, 0.29) is 0 Å². The average Bonchev–Trinajstić information content (AvgIpc) is 1.35. The minimum atomic E-state index is 0.593. The van der Waals surface area contributed by atoms with Gasteiger partial charge in [-0.2, -0.15) is 0 Å². The molecule has 0 aliphatic rings. The fourth-order valence-electron chi connectivity index (χ4n) is 0.192. The summed E-state index contributed by atoms with van der Waals surface area (Å²) in [5.41, 5.74) is 0. The van der Waals surface area contributed by atoms with Crippen molar-refractivity contribution >= 4 is 17.9 Å². The first-order valence-corrected chi connectivity index (χ1v) is 2.77. The van der Waals surface area contributed by atoms with Crippen molar-refractivity contribution in [3.63, 3.8) is 0 Å². The van der Waals surface area contributed by atoms with E-state index in [1.54, 1.807) is 7.11 Å². The van der Waals surface area contributed by atoms with E-state index < -0.39 is 0 Å². The van der Waals surface area contributed by atoms with Crippen LogP contribution in [0.2, 0.25) is 13.6 Å². The van der Waals surface area contributed by atoms with Crippen LogP contribution in [0.1, 0.15) is 0 Å². The molecule has 0 aromatic heterocycles. The fourth-order valence-corrected chi connectivity index (χ4v) is 0.577. The van der Waals surface area contributed by atoms with E-state index in [4.69, 9.17) is 4.18 Å². The summed E-state index contributed by atoms with van der Waals surface area (Å²) in [7, 11) is 1.69. The van der Waals surface area contributed by atoms with Gasteiger partial charge < -0.3 is 4.18 Å². The van der Waals surface area contributed by atoms with E-state index in [2.05, 4.69) is 13.6 Å². The van der Waals surface area contributed by atoms with Crippen LogP contribution in [-0.2, 0) is 4.18 Å². The normalized spacial score (nSPS) is 8.50. The molecule has 1 nitrogen and oxygen atoms in total. The molecule has 0 rings (SSSR count). The van der Waals surface area contributed by atoms with Gasteiger partial charge in [-0.25, -0.2) is 0 Å². The van der Waals surface area contributed by atoms with Crippen LogP contribution in [0.25, 0.3) is 0 Å². The van der Waals surface area contributed by atoms with Crippen LogP contribution in [0.5, 0.6) is 0 Å². The van der Waals surface area contributed by atoms with Gasteiger partial charge in [0.2, 0.25) is 5.99 Å². The highest BCUT2D eigenvalue weighted by Gasteiger charge is 1.94. The Labute approximate surface area is 43.6 Å². The maximum absolute atomic E-state index is 4.72. The monoisotopic (exact) mass is 104 g/mol. The Morgan fingerprint density at radius 2 is 2.00 bits per heavy atom. The van der Waals surface area contributed by atoms with Crippen LogP contribution < -0.4 is 0 Å². The Hall–Kier alpha value is 0.375. The fraction of sp³-hybridized carbons (Fsp3) is 1.00. The summed E-state index contributed by atoms with van der Waals surface area (Å²) in [6.07, 6.45) is 0. The van der Waals surface area contributed by atoms with Crippen molar-refractivity contribution in [3.05, 3.63) is 0 Å². The standard InChI is InChI=1S/C3H9BOS/c1-4(2)6-5-3/h1-3H3. The molecule has 0 amide bonds. The first-order valence-electron chi connectivity index (χ1n) is 1.97. The van der Waals surface area contributed by atoms with Gasteiger partial charge in [0.1, 0.15) is 0 Å². The summed E-state index contributed by atoms with van der Waals surface area (Å²) >= 11 is 1.49. The Balaban J connectivity index is 2.63. The maximum Gasteiger partial charge on any atom is 0.239 e. The van der Waals surface area contributed by atoms with Gasteiger partial charge in [-0.05, 0) is 0 Å². The Kier molecular flexibility index (Phi) is 3.78. The summed E-state index contributed by atoms with van der Waals surface area (Å²) < 4.78 is 4.72. The molecule has 0 N–H and O–H groups in total. The largest absolute Gasteiger partial charge is 0.330 e. The van der Waals surface area contributed by atoms with Crippen molar-refractivity contribution in [2.75, 3.05) is 7.11 Å². The molecule has 6 heavy (non-hydrogen) atoms. The van der Waals surface area contributed by atoms with Crippen molar-refractivity contribution in [2.24, 2.45) is 0 Å². The second-order valence-corrected chi connectivity index (χ2v) is 2.78. The summed E-state index contributed by atoms with van der Waals surface area (Å²) in [5.74, 6) is 0.593. The molecule has 0 fully saturated rings. The zero-order valence-electron chi connectivity index (χ0n) is 4.39. The number of hydrogen-bond acceptors (Lipinski definition) is 2. The third kappa shape index (κ3) is 4.37. The van der Waals surface area contributed by atoms with Gasteiger partial charge in [0.25, 0.3) is 0 Å². The third-order valence-electron chi connectivity index (χ3n) is 0.289. The van der Waals surface area contributed by atoms with Crippen molar-refractivity contribution in [1.29, 1.82) is 0 Å². The smallest absolute Gasteiger partial charge is 0.239 e. The van der Waals surface area contributed by atoms with Gasteiger partial charge in [0.15, 0.2) is 0 Å². The van der Waals surface area contributed by atoms with E-state index in [0.717, 1.165) is 0 Å². The van der Waals surface area contributed by atoms with Gasteiger partial charge in [-0.1, -0.05) is 25.5 Å². The Morgan fingerprint density at radius 3 is 2.00 bits per heavy atom. The van der Waals surface area contributed by atoms with Crippen molar-refractivity contribution in [2.45, 2.75) is 13.6 Å². The van der Waals surface area contributed by atoms with Crippen LogP contribution in [0.4, 0.5) is 0 Å². The van der Waals surface area contributed by atoms with Crippen LogP contribution in [0.15, 0.2) is 0 Å². The molecule has 0 bridgehead atoms. The van der Waals surface area contributed by atoms with Crippen molar-refractivity contribution in [3.8, 4) is 0 Å². The zero-order chi connectivity index (χ0) is 4.99. The van der Waals surface area contributed by atoms with Crippen LogP contribution in [-0.4, -0.2) is 13.1 Å². The molecule has 0 atom stereocenters. The molecule has 0 aliphatic carbocycles. The van der Waals surface area contributed by atoms with Gasteiger partial charge in [-0.3, -0.25) is 0 Å². The Bertz CT molecular complexity index is 32.0. The zero-order valence-corrected chi connectivity index (χ0v) is 5.21. The van der Waals surface area contributed by atoms with Gasteiger partial charge >= 0.3 is 0 Å². The molecule has 0 aromatic carbocycles. The molecule has 0 spiro atoms. The lowest BCUT2D eigenvalue weighted by Gasteiger charge is -1.92. The van der Waals surface area contributed by atoms with E-state index in [0.29, 0.717) is 5.99 Å². The number of rotatable bonds is 2. The molecule has 0 aliphatic heterocycles. The highest BCUT2D eigenvalue weighted by atomic mass is 32.2. The SMILES string of the molecule is COSB(C)C. The maximum atomic E-state index is 4.72. The summed E-state index contributed by atoms with van der Waals surface area (Å²) in [6.45, 7) is 4.18. The molecular formula is C3H9BOS.